The van der Waals surface area contributed by atoms with Crippen molar-refractivity contribution >= 4 is 45.1 Å². The van der Waals surface area contributed by atoms with Crippen molar-refractivity contribution in [2.45, 2.75) is 32.9 Å². The third kappa shape index (κ3) is 5.47. The minimum absolute atomic E-state index is 0.249. The molecule has 0 saturated heterocycles. The van der Waals surface area contributed by atoms with E-state index in [0.717, 1.165) is 3.79 Å². The number of amides is 2. The predicted octanol–water partition coefficient (Wildman–Crippen LogP) is 1.70. The monoisotopic (exact) mass is 376 g/mol. The van der Waals surface area contributed by atoms with Crippen LogP contribution in [0.2, 0.25) is 0 Å². The minimum atomic E-state index is -0.757. The van der Waals surface area contributed by atoms with E-state index in [1.165, 1.54) is 18.3 Å². The van der Waals surface area contributed by atoms with Crippen molar-refractivity contribution in [2.75, 3.05) is 6.61 Å². The fraction of sp³-hybridized carbons (Fsp3) is 0.462. The number of carbonyl (C=O) groups excluding carboxylic acids is 3. The molecule has 2 amide bonds. The number of carbonyl (C=O) groups is 3. The van der Waals surface area contributed by atoms with Gasteiger partial charge in [0.25, 0.3) is 5.91 Å². The van der Waals surface area contributed by atoms with Crippen LogP contribution in [0.5, 0.6) is 0 Å². The number of hydrogen-bond donors (Lipinski definition) is 2. The topological polar surface area (TPSA) is 84.5 Å². The summed E-state index contributed by atoms with van der Waals surface area (Å²) in [6, 6.07) is 1.91. The van der Waals surface area contributed by atoms with Gasteiger partial charge in [0.1, 0.15) is 12.1 Å². The zero-order chi connectivity index (χ0) is 16.0. The first-order chi connectivity index (χ1) is 9.85. The highest BCUT2D eigenvalue weighted by Gasteiger charge is 2.22. The molecule has 0 unspecified atom stereocenters. The standard InChI is InChI=1S/C13H17BrN2O4S/c1-4-20-13(19)8(3)16-11(17)7(2)15-12(18)9-5-6-10(14)21-9/h5-8H,4H2,1-3H3,(H,15,18)(H,16,17)/t7-,8-/m1/s1. The van der Waals surface area contributed by atoms with Crippen molar-refractivity contribution < 1.29 is 19.1 Å². The second-order valence-corrected chi connectivity index (χ2v) is 6.74. The molecule has 2 atom stereocenters. The quantitative estimate of drug-likeness (QED) is 0.739. The fourth-order valence-electron chi connectivity index (χ4n) is 1.43. The molecule has 0 aliphatic heterocycles. The first kappa shape index (κ1) is 17.6. The zero-order valence-corrected chi connectivity index (χ0v) is 14.3. The average Bonchev–Trinajstić information content (AvgIpc) is 2.85. The maximum atomic E-state index is 11.9. The van der Waals surface area contributed by atoms with Crippen LogP contribution in [-0.4, -0.2) is 36.5 Å². The van der Waals surface area contributed by atoms with Crippen molar-refractivity contribution in [1.82, 2.24) is 10.6 Å². The number of hydrogen-bond acceptors (Lipinski definition) is 5. The average molecular weight is 377 g/mol. The van der Waals surface area contributed by atoms with Gasteiger partial charge in [-0.3, -0.25) is 9.59 Å². The van der Waals surface area contributed by atoms with Gasteiger partial charge in [-0.1, -0.05) is 0 Å². The number of thiophene rings is 1. The van der Waals surface area contributed by atoms with Gasteiger partial charge in [0, 0.05) is 0 Å². The fourth-order valence-corrected chi connectivity index (χ4v) is 2.72. The maximum Gasteiger partial charge on any atom is 0.328 e. The molecule has 0 aromatic carbocycles. The van der Waals surface area contributed by atoms with Gasteiger partial charge in [-0.25, -0.2) is 4.79 Å². The smallest absolute Gasteiger partial charge is 0.328 e. The Labute approximate surface area is 135 Å². The number of nitrogens with one attached hydrogen (secondary N) is 2. The van der Waals surface area contributed by atoms with Gasteiger partial charge >= 0.3 is 5.97 Å². The molecule has 21 heavy (non-hydrogen) atoms. The lowest BCUT2D eigenvalue weighted by molar-refractivity contribution is -0.147. The van der Waals surface area contributed by atoms with Gasteiger partial charge < -0.3 is 15.4 Å². The summed E-state index contributed by atoms with van der Waals surface area (Å²) in [7, 11) is 0. The number of esters is 1. The van der Waals surface area contributed by atoms with E-state index in [-0.39, 0.29) is 12.5 Å². The molecule has 1 aromatic heterocycles. The lowest BCUT2D eigenvalue weighted by Crippen LogP contribution is -2.49. The van der Waals surface area contributed by atoms with E-state index in [2.05, 4.69) is 26.6 Å². The molecule has 8 heteroatoms. The summed E-state index contributed by atoms with van der Waals surface area (Å²) < 4.78 is 5.63. The number of ether oxygens (including phenoxy) is 1. The van der Waals surface area contributed by atoms with Crippen molar-refractivity contribution in [2.24, 2.45) is 0 Å². The van der Waals surface area contributed by atoms with Gasteiger partial charge in [-0.15, -0.1) is 11.3 Å². The molecule has 0 bridgehead atoms. The molecule has 0 saturated carbocycles. The molecule has 0 spiro atoms. The van der Waals surface area contributed by atoms with Crippen LogP contribution in [0.25, 0.3) is 0 Å². The minimum Gasteiger partial charge on any atom is -0.464 e. The van der Waals surface area contributed by atoms with Crippen molar-refractivity contribution in [3.05, 3.63) is 20.8 Å². The molecule has 116 valence electrons. The third-order valence-corrected chi connectivity index (χ3v) is 4.16. The first-order valence-electron chi connectivity index (χ1n) is 6.38. The van der Waals surface area contributed by atoms with Crippen LogP contribution in [0, 0.1) is 0 Å². The Bertz CT molecular complexity index is 532. The van der Waals surface area contributed by atoms with Crippen LogP contribution in [0.1, 0.15) is 30.4 Å². The summed E-state index contributed by atoms with van der Waals surface area (Å²) in [6.45, 7) is 5.02. The second-order valence-electron chi connectivity index (χ2n) is 4.28. The van der Waals surface area contributed by atoms with E-state index in [0.29, 0.717) is 4.88 Å². The summed E-state index contributed by atoms with van der Waals surface area (Å²) in [5.74, 6) is -1.29. The SMILES string of the molecule is CCOC(=O)[C@@H](C)NC(=O)[C@@H](C)NC(=O)c1ccc(Br)s1. The Morgan fingerprint density at radius 3 is 2.43 bits per heavy atom. The van der Waals surface area contributed by atoms with Crippen LogP contribution in [0.4, 0.5) is 0 Å². The summed E-state index contributed by atoms with van der Waals surface area (Å²) in [5, 5.41) is 5.06. The van der Waals surface area contributed by atoms with Crippen molar-refractivity contribution in [3.63, 3.8) is 0 Å². The predicted molar refractivity (Wildman–Crippen MR) is 83.2 cm³/mol. The molecular weight excluding hydrogens is 360 g/mol. The molecule has 1 heterocycles. The van der Waals surface area contributed by atoms with Crippen molar-refractivity contribution in [3.8, 4) is 0 Å². The zero-order valence-electron chi connectivity index (χ0n) is 11.9. The molecular formula is C13H17BrN2O4S. The highest BCUT2D eigenvalue weighted by atomic mass is 79.9. The summed E-state index contributed by atoms with van der Waals surface area (Å²) in [4.78, 5) is 35.7. The van der Waals surface area contributed by atoms with E-state index in [1.54, 1.807) is 26.0 Å². The lowest BCUT2D eigenvalue weighted by Gasteiger charge is -2.17. The Hall–Kier alpha value is -1.41. The van der Waals surface area contributed by atoms with Gasteiger partial charge in [0.05, 0.1) is 15.3 Å². The third-order valence-electron chi connectivity index (χ3n) is 2.54. The highest BCUT2D eigenvalue weighted by molar-refractivity contribution is 9.11. The van der Waals surface area contributed by atoms with Crippen LogP contribution >= 0.6 is 27.3 Å². The number of halogens is 1. The van der Waals surface area contributed by atoms with E-state index in [1.807, 2.05) is 0 Å². The molecule has 6 nitrogen and oxygen atoms in total. The molecule has 2 N–H and O–H groups in total. The van der Waals surface area contributed by atoms with E-state index < -0.39 is 24.0 Å². The van der Waals surface area contributed by atoms with Gasteiger partial charge in [0.15, 0.2) is 0 Å². The van der Waals surface area contributed by atoms with Gasteiger partial charge in [0.2, 0.25) is 5.91 Å². The Morgan fingerprint density at radius 1 is 1.24 bits per heavy atom. The second kappa shape index (κ2) is 8.14. The molecule has 1 rings (SSSR count). The van der Waals surface area contributed by atoms with E-state index in [9.17, 15) is 14.4 Å². The Balaban J connectivity index is 2.51. The van der Waals surface area contributed by atoms with Crippen molar-refractivity contribution in [1.29, 1.82) is 0 Å². The van der Waals surface area contributed by atoms with E-state index in [4.69, 9.17) is 4.74 Å². The Kier molecular flexibility index (Phi) is 6.83. The van der Waals surface area contributed by atoms with Gasteiger partial charge in [-0.2, -0.15) is 0 Å². The Morgan fingerprint density at radius 2 is 1.90 bits per heavy atom. The van der Waals surface area contributed by atoms with Crippen LogP contribution < -0.4 is 10.6 Å². The molecule has 0 aliphatic carbocycles. The summed E-state index contributed by atoms with van der Waals surface area (Å²) in [6.07, 6.45) is 0. The maximum absolute atomic E-state index is 11.9. The summed E-state index contributed by atoms with van der Waals surface area (Å²) >= 11 is 4.54. The van der Waals surface area contributed by atoms with E-state index >= 15 is 0 Å². The normalized spacial score (nSPS) is 13.1. The summed E-state index contributed by atoms with van der Waals surface area (Å²) in [5.41, 5.74) is 0. The molecule has 1 aromatic rings. The molecule has 0 fully saturated rings. The van der Waals surface area contributed by atoms with Crippen LogP contribution in [0.15, 0.2) is 15.9 Å². The first-order valence-corrected chi connectivity index (χ1v) is 7.99. The van der Waals surface area contributed by atoms with Gasteiger partial charge in [-0.05, 0) is 48.8 Å². The molecule has 0 aliphatic rings. The highest BCUT2D eigenvalue weighted by Crippen LogP contribution is 2.21. The lowest BCUT2D eigenvalue weighted by atomic mass is 10.2. The van der Waals surface area contributed by atoms with Crippen LogP contribution in [-0.2, 0) is 14.3 Å². The van der Waals surface area contributed by atoms with Crippen LogP contribution in [0.3, 0.4) is 0 Å². The molecule has 0 radical (unpaired) electrons. The largest absolute Gasteiger partial charge is 0.464 e. The number of rotatable bonds is 6.